The van der Waals surface area contributed by atoms with E-state index in [1.165, 1.54) is 32.4 Å². The molecule has 17 heavy (non-hydrogen) atoms. The summed E-state index contributed by atoms with van der Waals surface area (Å²) in [4.78, 5) is 13.5. The van der Waals surface area contributed by atoms with Gasteiger partial charge in [0.2, 0.25) is 0 Å². The lowest BCUT2D eigenvalue weighted by Gasteiger charge is -2.21. The second kappa shape index (κ2) is 4.94. The molecule has 4 nitrogen and oxygen atoms in total. The van der Waals surface area contributed by atoms with Gasteiger partial charge in [-0.15, -0.1) is 0 Å². The number of hydrogen-bond acceptors (Lipinski definition) is 3. The van der Waals surface area contributed by atoms with Gasteiger partial charge in [-0.3, -0.25) is 4.79 Å². The SMILES string of the molecule is CC(C)(CNCC1CCN(C2CC2)C1)C(=O)O. The average molecular weight is 240 g/mol. The molecule has 1 unspecified atom stereocenters. The molecular formula is C13H24N2O2. The summed E-state index contributed by atoms with van der Waals surface area (Å²) in [5.41, 5.74) is -0.658. The van der Waals surface area contributed by atoms with Crippen molar-refractivity contribution in [3.05, 3.63) is 0 Å². The Bertz CT molecular complexity index is 287. The molecule has 0 spiro atoms. The normalized spacial score (nSPS) is 26.4. The number of carboxylic acids is 1. The summed E-state index contributed by atoms with van der Waals surface area (Å²) in [6.07, 6.45) is 4.02. The van der Waals surface area contributed by atoms with Gasteiger partial charge >= 0.3 is 5.97 Å². The topological polar surface area (TPSA) is 52.6 Å². The Hall–Kier alpha value is -0.610. The lowest BCUT2D eigenvalue weighted by molar-refractivity contribution is -0.146. The van der Waals surface area contributed by atoms with Gasteiger partial charge in [0.05, 0.1) is 5.41 Å². The largest absolute Gasteiger partial charge is 0.481 e. The van der Waals surface area contributed by atoms with E-state index in [2.05, 4.69) is 10.2 Å². The van der Waals surface area contributed by atoms with Crippen molar-refractivity contribution in [1.29, 1.82) is 0 Å². The number of carbonyl (C=O) groups is 1. The fourth-order valence-electron chi connectivity index (χ4n) is 2.46. The second-order valence-corrected chi connectivity index (χ2v) is 6.20. The predicted octanol–water partition coefficient (Wildman–Crippen LogP) is 1.17. The molecular weight excluding hydrogens is 216 g/mol. The molecule has 0 amide bonds. The van der Waals surface area contributed by atoms with Crippen LogP contribution in [0, 0.1) is 11.3 Å². The number of likely N-dealkylation sites (tertiary alicyclic amines) is 1. The van der Waals surface area contributed by atoms with Crippen LogP contribution >= 0.6 is 0 Å². The highest BCUT2D eigenvalue weighted by atomic mass is 16.4. The number of aliphatic carboxylic acids is 1. The summed E-state index contributed by atoms with van der Waals surface area (Å²) in [5.74, 6) is -0.0174. The fraction of sp³-hybridized carbons (Fsp3) is 0.923. The molecule has 0 aromatic carbocycles. The lowest BCUT2D eigenvalue weighted by atomic mass is 9.93. The monoisotopic (exact) mass is 240 g/mol. The molecule has 1 saturated carbocycles. The van der Waals surface area contributed by atoms with Crippen molar-refractivity contribution in [2.75, 3.05) is 26.2 Å². The van der Waals surface area contributed by atoms with Gasteiger partial charge in [-0.1, -0.05) is 0 Å². The lowest BCUT2D eigenvalue weighted by Crippen LogP contribution is -2.38. The van der Waals surface area contributed by atoms with Gasteiger partial charge in [-0.05, 0) is 52.1 Å². The highest BCUT2D eigenvalue weighted by Crippen LogP contribution is 2.31. The molecule has 1 heterocycles. The molecule has 0 radical (unpaired) electrons. The molecule has 2 fully saturated rings. The highest BCUT2D eigenvalue weighted by Gasteiger charge is 2.34. The molecule has 0 bridgehead atoms. The first-order valence-corrected chi connectivity index (χ1v) is 6.67. The third kappa shape index (κ3) is 3.42. The van der Waals surface area contributed by atoms with E-state index in [-0.39, 0.29) is 0 Å². The maximum atomic E-state index is 10.9. The number of hydrogen-bond donors (Lipinski definition) is 2. The maximum absolute atomic E-state index is 10.9. The zero-order valence-corrected chi connectivity index (χ0v) is 10.9. The summed E-state index contributed by atoms with van der Waals surface area (Å²) in [6, 6.07) is 0.871. The van der Waals surface area contributed by atoms with Crippen LogP contribution in [0.3, 0.4) is 0 Å². The molecule has 98 valence electrons. The minimum Gasteiger partial charge on any atom is -0.481 e. The van der Waals surface area contributed by atoms with Gasteiger partial charge in [0.1, 0.15) is 0 Å². The molecule has 1 aliphatic carbocycles. The third-order valence-corrected chi connectivity index (χ3v) is 3.96. The molecule has 0 aromatic rings. The van der Waals surface area contributed by atoms with E-state index in [1.54, 1.807) is 13.8 Å². The Morgan fingerprint density at radius 1 is 1.41 bits per heavy atom. The summed E-state index contributed by atoms with van der Waals surface area (Å²) in [5, 5.41) is 12.3. The number of nitrogens with zero attached hydrogens (tertiary/aromatic N) is 1. The van der Waals surface area contributed by atoms with E-state index in [0.29, 0.717) is 12.5 Å². The van der Waals surface area contributed by atoms with Crippen LogP contribution in [0.4, 0.5) is 0 Å². The summed E-state index contributed by atoms with van der Waals surface area (Å²) in [7, 11) is 0. The quantitative estimate of drug-likeness (QED) is 0.732. The van der Waals surface area contributed by atoms with Crippen LogP contribution in [0.2, 0.25) is 0 Å². The molecule has 2 N–H and O–H groups in total. The van der Waals surface area contributed by atoms with Gasteiger partial charge in [-0.2, -0.15) is 0 Å². The van der Waals surface area contributed by atoms with Crippen LogP contribution in [0.25, 0.3) is 0 Å². The van der Waals surface area contributed by atoms with Gasteiger partial charge in [0, 0.05) is 19.1 Å². The predicted molar refractivity (Wildman–Crippen MR) is 67.0 cm³/mol. The molecule has 2 aliphatic rings. The first-order valence-electron chi connectivity index (χ1n) is 6.67. The molecule has 2 rings (SSSR count). The van der Waals surface area contributed by atoms with Crippen molar-refractivity contribution < 1.29 is 9.90 Å². The van der Waals surface area contributed by atoms with Crippen LogP contribution in [0.15, 0.2) is 0 Å². The Labute approximate surface area is 103 Å². The highest BCUT2D eigenvalue weighted by molar-refractivity contribution is 5.73. The van der Waals surface area contributed by atoms with Crippen LogP contribution in [0.5, 0.6) is 0 Å². The zero-order chi connectivity index (χ0) is 12.5. The van der Waals surface area contributed by atoms with E-state index < -0.39 is 11.4 Å². The molecule has 1 atom stereocenters. The minimum atomic E-state index is -0.726. The Balaban J connectivity index is 1.64. The number of rotatable bonds is 6. The van der Waals surface area contributed by atoms with E-state index in [1.807, 2.05) is 0 Å². The van der Waals surface area contributed by atoms with Crippen LogP contribution in [-0.4, -0.2) is 48.2 Å². The molecule has 4 heteroatoms. The first-order chi connectivity index (χ1) is 7.99. The Morgan fingerprint density at radius 3 is 2.71 bits per heavy atom. The van der Waals surface area contributed by atoms with E-state index in [4.69, 9.17) is 5.11 Å². The smallest absolute Gasteiger partial charge is 0.310 e. The van der Waals surface area contributed by atoms with Crippen molar-refractivity contribution >= 4 is 5.97 Å². The Morgan fingerprint density at radius 2 is 2.12 bits per heavy atom. The zero-order valence-electron chi connectivity index (χ0n) is 10.9. The summed E-state index contributed by atoms with van der Waals surface area (Å²) < 4.78 is 0. The summed E-state index contributed by atoms with van der Waals surface area (Å²) >= 11 is 0. The molecule has 0 aromatic heterocycles. The minimum absolute atomic E-state index is 0.558. The fourth-order valence-corrected chi connectivity index (χ4v) is 2.46. The van der Waals surface area contributed by atoms with Gasteiger partial charge < -0.3 is 15.3 Å². The molecule has 1 aliphatic heterocycles. The van der Waals surface area contributed by atoms with E-state index in [0.717, 1.165) is 12.6 Å². The number of nitrogens with one attached hydrogen (secondary N) is 1. The first kappa shape index (κ1) is 12.8. The van der Waals surface area contributed by atoms with Gasteiger partial charge in [0.25, 0.3) is 0 Å². The van der Waals surface area contributed by atoms with Crippen molar-refractivity contribution in [2.24, 2.45) is 11.3 Å². The third-order valence-electron chi connectivity index (χ3n) is 3.96. The second-order valence-electron chi connectivity index (χ2n) is 6.20. The average Bonchev–Trinajstić information content (AvgIpc) is 2.99. The van der Waals surface area contributed by atoms with Crippen molar-refractivity contribution in [3.63, 3.8) is 0 Å². The number of carboxylic acid groups (broad SMARTS) is 1. The van der Waals surface area contributed by atoms with Crippen molar-refractivity contribution in [2.45, 2.75) is 39.2 Å². The van der Waals surface area contributed by atoms with Crippen LogP contribution < -0.4 is 5.32 Å². The summed E-state index contributed by atoms with van der Waals surface area (Å²) in [6.45, 7) is 7.49. The van der Waals surface area contributed by atoms with Gasteiger partial charge in [0.15, 0.2) is 0 Å². The Kier molecular flexibility index (Phi) is 3.73. The van der Waals surface area contributed by atoms with Crippen molar-refractivity contribution in [3.8, 4) is 0 Å². The maximum Gasteiger partial charge on any atom is 0.310 e. The standard InChI is InChI=1S/C13H24N2O2/c1-13(2,12(16)17)9-14-7-10-5-6-15(8-10)11-3-4-11/h10-11,14H,3-9H2,1-2H3,(H,16,17). The van der Waals surface area contributed by atoms with E-state index >= 15 is 0 Å². The molecule has 1 saturated heterocycles. The van der Waals surface area contributed by atoms with E-state index in [9.17, 15) is 4.79 Å². The van der Waals surface area contributed by atoms with Gasteiger partial charge in [-0.25, -0.2) is 0 Å². The van der Waals surface area contributed by atoms with Crippen LogP contribution in [-0.2, 0) is 4.79 Å². The van der Waals surface area contributed by atoms with Crippen LogP contribution in [0.1, 0.15) is 33.1 Å². The van der Waals surface area contributed by atoms with Crippen molar-refractivity contribution in [1.82, 2.24) is 10.2 Å².